The van der Waals surface area contributed by atoms with Gasteiger partial charge in [0.05, 0.1) is 23.8 Å². The molecule has 0 spiro atoms. The molecular weight excluding hydrogens is 445 g/mol. The Balaban J connectivity index is 1.35. The number of hydrogen-bond acceptors (Lipinski definition) is 4. The molecule has 0 unspecified atom stereocenters. The molecule has 0 aliphatic carbocycles. The van der Waals surface area contributed by atoms with Gasteiger partial charge in [0.15, 0.2) is 0 Å². The Morgan fingerprint density at radius 1 is 1.15 bits per heavy atom. The SMILES string of the molecule is CN1C[C@@H](NC(=O)N2CCc3[nH]nc(-c4ccncc4)c3C2)[C@H](c2ccccc2C(F)(F)F)C1. The molecule has 0 saturated carbocycles. The second-order valence-corrected chi connectivity index (χ2v) is 8.91. The third-order valence-electron chi connectivity index (χ3n) is 6.65. The first-order valence-electron chi connectivity index (χ1n) is 11.2. The van der Waals surface area contributed by atoms with Gasteiger partial charge in [-0.15, -0.1) is 0 Å². The van der Waals surface area contributed by atoms with Gasteiger partial charge in [-0.3, -0.25) is 10.1 Å². The molecule has 1 fully saturated rings. The summed E-state index contributed by atoms with van der Waals surface area (Å²) in [5.41, 5.74) is 3.23. The van der Waals surface area contributed by atoms with Crippen molar-refractivity contribution in [3.63, 3.8) is 0 Å². The highest BCUT2D eigenvalue weighted by Crippen LogP contribution is 2.38. The minimum atomic E-state index is -4.44. The molecule has 2 amide bonds. The molecule has 34 heavy (non-hydrogen) atoms. The molecule has 5 rings (SSSR count). The standard InChI is InChI=1S/C24H25F3N6O/c1-32-12-17(16-4-2-3-5-19(16)24(25,26)27)21(14-32)29-23(34)33-11-8-20-18(13-33)22(31-30-20)15-6-9-28-10-7-15/h2-7,9-10,17,21H,8,11-14H2,1H3,(H,29,34)(H,30,31)/t17-,21+/m0/s1. The number of likely N-dealkylation sites (N-methyl/N-ethyl adjacent to an activating group) is 1. The van der Waals surface area contributed by atoms with Crippen LogP contribution in [0.4, 0.5) is 18.0 Å². The number of H-pyrrole nitrogens is 1. The second-order valence-electron chi connectivity index (χ2n) is 8.91. The molecule has 2 N–H and O–H groups in total. The van der Waals surface area contributed by atoms with Crippen LogP contribution in [0.1, 0.15) is 28.3 Å². The smallest absolute Gasteiger partial charge is 0.333 e. The van der Waals surface area contributed by atoms with Gasteiger partial charge in [0, 0.05) is 61.2 Å². The average Bonchev–Trinajstić information content (AvgIpc) is 3.41. The van der Waals surface area contributed by atoms with Gasteiger partial charge in [-0.25, -0.2) is 4.79 Å². The van der Waals surface area contributed by atoms with Gasteiger partial charge in [0.25, 0.3) is 0 Å². The Bertz CT molecular complexity index is 1180. The Hall–Kier alpha value is -3.40. The number of amides is 2. The van der Waals surface area contributed by atoms with E-state index in [9.17, 15) is 18.0 Å². The zero-order valence-electron chi connectivity index (χ0n) is 18.6. The van der Waals surface area contributed by atoms with Crippen molar-refractivity contribution < 1.29 is 18.0 Å². The number of aromatic amines is 1. The number of nitrogens with zero attached hydrogens (tertiary/aromatic N) is 4. The van der Waals surface area contributed by atoms with Crippen molar-refractivity contribution in [1.29, 1.82) is 0 Å². The number of aromatic nitrogens is 3. The predicted octanol–water partition coefficient (Wildman–Crippen LogP) is 3.66. The maximum atomic E-state index is 13.6. The van der Waals surface area contributed by atoms with Crippen LogP contribution in [0.5, 0.6) is 0 Å². The van der Waals surface area contributed by atoms with E-state index in [-0.39, 0.29) is 11.6 Å². The summed E-state index contributed by atoms with van der Waals surface area (Å²) in [5.74, 6) is -0.451. The first-order valence-corrected chi connectivity index (χ1v) is 11.2. The summed E-state index contributed by atoms with van der Waals surface area (Å²) >= 11 is 0. The van der Waals surface area contributed by atoms with Gasteiger partial charge in [0.1, 0.15) is 0 Å². The summed E-state index contributed by atoms with van der Waals surface area (Å²) in [7, 11) is 1.86. The van der Waals surface area contributed by atoms with E-state index in [4.69, 9.17) is 0 Å². The fourth-order valence-electron chi connectivity index (χ4n) is 5.01. The number of benzene rings is 1. The molecule has 2 atom stereocenters. The van der Waals surface area contributed by atoms with Crippen LogP contribution in [0.25, 0.3) is 11.3 Å². The van der Waals surface area contributed by atoms with Crippen molar-refractivity contribution in [3.05, 3.63) is 71.2 Å². The van der Waals surface area contributed by atoms with Gasteiger partial charge in [-0.05, 0) is 30.8 Å². The minimum Gasteiger partial charge on any atom is -0.333 e. The largest absolute Gasteiger partial charge is 0.416 e. The van der Waals surface area contributed by atoms with E-state index in [0.29, 0.717) is 32.6 Å². The first kappa shape index (κ1) is 22.4. The molecule has 2 aliphatic rings. The van der Waals surface area contributed by atoms with Gasteiger partial charge in [-0.1, -0.05) is 18.2 Å². The van der Waals surface area contributed by atoms with Gasteiger partial charge >= 0.3 is 12.2 Å². The van der Waals surface area contributed by atoms with E-state index in [1.54, 1.807) is 23.4 Å². The van der Waals surface area contributed by atoms with E-state index in [1.807, 2.05) is 24.1 Å². The molecule has 2 aromatic heterocycles. The Morgan fingerprint density at radius 3 is 2.68 bits per heavy atom. The summed E-state index contributed by atoms with van der Waals surface area (Å²) in [6.07, 6.45) is -0.426. The molecule has 2 aliphatic heterocycles. The van der Waals surface area contributed by atoms with Gasteiger partial charge < -0.3 is 15.1 Å². The lowest BCUT2D eigenvalue weighted by Gasteiger charge is -2.30. The fourth-order valence-corrected chi connectivity index (χ4v) is 5.01. The highest BCUT2D eigenvalue weighted by atomic mass is 19.4. The molecule has 10 heteroatoms. The Labute approximate surface area is 195 Å². The van der Waals surface area contributed by atoms with Crippen LogP contribution in [0.15, 0.2) is 48.8 Å². The van der Waals surface area contributed by atoms with E-state index >= 15 is 0 Å². The third kappa shape index (κ3) is 4.25. The van der Waals surface area contributed by atoms with Gasteiger partial charge in [-0.2, -0.15) is 18.3 Å². The summed E-state index contributed by atoms with van der Waals surface area (Å²) in [5, 5.41) is 10.5. The van der Waals surface area contributed by atoms with Crippen LogP contribution >= 0.6 is 0 Å². The molecule has 0 bridgehead atoms. The van der Waals surface area contributed by atoms with Crippen molar-refractivity contribution in [3.8, 4) is 11.3 Å². The van der Waals surface area contributed by atoms with E-state index in [1.165, 1.54) is 12.1 Å². The average molecular weight is 470 g/mol. The molecule has 1 aromatic carbocycles. The summed E-state index contributed by atoms with van der Waals surface area (Å²) in [6, 6.07) is 8.68. The normalized spacial score (nSPS) is 20.9. The van der Waals surface area contributed by atoms with E-state index in [0.717, 1.165) is 28.6 Å². The molecule has 3 aromatic rings. The number of alkyl halides is 3. The lowest BCUT2D eigenvalue weighted by atomic mass is 9.90. The van der Waals surface area contributed by atoms with Crippen LogP contribution in [-0.4, -0.2) is 63.7 Å². The van der Waals surface area contributed by atoms with Crippen molar-refractivity contribution in [1.82, 2.24) is 30.3 Å². The number of halogens is 3. The maximum Gasteiger partial charge on any atom is 0.416 e. The van der Waals surface area contributed by atoms with Crippen LogP contribution in [0.2, 0.25) is 0 Å². The van der Waals surface area contributed by atoms with E-state index < -0.39 is 23.7 Å². The predicted molar refractivity (Wildman–Crippen MR) is 120 cm³/mol. The summed E-state index contributed by atoms with van der Waals surface area (Å²) in [4.78, 5) is 20.9. The zero-order chi connectivity index (χ0) is 23.9. The number of rotatable bonds is 3. The highest BCUT2D eigenvalue weighted by Gasteiger charge is 2.41. The fraction of sp³-hybridized carbons (Fsp3) is 0.375. The molecule has 1 saturated heterocycles. The molecular formula is C24H25F3N6O. The van der Waals surface area contributed by atoms with Crippen molar-refractivity contribution in [2.24, 2.45) is 0 Å². The lowest BCUT2D eigenvalue weighted by Crippen LogP contribution is -2.48. The van der Waals surface area contributed by atoms with E-state index in [2.05, 4.69) is 20.5 Å². The number of pyridine rings is 1. The van der Waals surface area contributed by atoms with Crippen LogP contribution in [-0.2, 0) is 19.1 Å². The monoisotopic (exact) mass is 470 g/mol. The van der Waals surface area contributed by atoms with Crippen LogP contribution in [0.3, 0.4) is 0 Å². The molecule has 7 nitrogen and oxygen atoms in total. The van der Waals surface area contributed by atoms with Crippen molar-refractivity contribution in [2.75, 3.05) is 26.7 Å². The van der Waals surface area contributed by atoms with Crippen molar-refractivity contribution in [2.45, 2.75) is 31.1 Å². The Kier molecular flexibility index (Phi) is 5.76. The zero-order valence-corrected chi connectivity index (χ0v) is 18.6. The number of nitrogens with one attached hydrogen (secondary N) is 2. The quantitative estimate of drug-likeness (QED) is 0.613. The van der Waals surface area contributed by atoms with Crippen LogP contribution < -0.4 is 5.32 Å². The number of fused-ring (bicyclic) bond motifs is 1. The number of carbonyl (C=O) groups excluding carboxylic acids is 1. The van der Waals surface area contributed by atoms with Crippen molar-refractivity contribution >= 4 is 6.03 Å². The molecule has 178 valence electrons. The van der Waals surface area contributed by atoms with Gasteiger partial charge in [0.2, 0.25) is 0 Å². The maximum absolute atomic E-state index is 13.6. The van der Waals surface area contributed by atoms with Crippen LogP contribution in [0, 0.1) is 0 Å². The molecule has 0 radical (unpaired) electrons. The second kappa shape index (κ2) is 8.75. The number of urea groups is 1. The number of carbonyl (C=O) groups is 1. The summed E-state index contributed by atoms with van der Waals surface area (Å²) < 4.78 is 40.9. The lowest BCUT2D eigenvalue weighted by molar-refractivity contribution is -0.138. The molecule has 4 heterocycles. The third-order valence-corrected chi connectivity index (χ3v) is 6.65. The summed E-state index contributed by atoms with van der Waals surface area (Å²) in [6.45, 7) is 1.80. The number of likely N-dealkylation sites (tertiary alicyclic amines) is 1. The topological polar surface area (TPSA) is 77.2 Å². The Morgan fingerprint density at radius 2 is 1.91 bits per heavy atom. The number of hydrogen-bond donors (Lipinski definition) is 2. The first-order chi connectivity index (χ1) is 16.3. The highest BCUT2D eigenvalue weighted by molar-refractivity contribution is 5.76. The minimum absolute atomic E-state index is 0.223.